The number of benzene rings is 1. The van der Waals surface area contributed by atoms with E-state index in [1.165, 1.54) is 12.8 Å². The van der Waals surface area contributed by atoms with Crippen LogP contribution in [-0.2, 0) is 0 Å². The molecule has 3 rings (SSSR count). The normalized spacial score (nSPS) is 17.0. The van der Waals surface area contributed by atoms with Crippen molar-refractivity contribution in [3.8, 4) is 0 Å². The molecular formula is C13H16N4. The molecular weight excluding hydrogens is 212 g/mol. The third-order valence-corrected chi connectivity index (χ3v) is 3.23. The first-order valence-corrected chi connectivity index (χ1v) is 6.05. The van der Waals surface area contributed by atoms with Gasteiger partial charge in [-0.25, -0.2) is 4.98 Å². The van der Waals surface area contributed by atoms with Gasteiger partial charge in [-0.2, -0.15) is 0 Å². The van der Waals surface area contributed by atoms with Crippen LogP contribution in [0.1, 0.15) is 12.8 Å². The second-order valence-electron chi connectivity index (χ2n) is 4.57. The summed E-state index contributed by atoms with van der Waals surface area (Å²) >= 11 is 0. The van der Waals surface area contributed by atoms with E-state index < -0.39 is 0 Å². The average molecular weight is 228 g/mol. The SMILES string of the molecule is NCC(Nc1cnc2ccccc2n1)C1CC1. The molecule has 2 aromatic rings. The number of anilines is 1. The van der Waals surface area contributed by atoms with Crippen molar-refractivity contribution >= 4 is 16.9 Å². The topological polar surface area (TPSA) is 63.8 Å². The molecule has 0 bridgehead atoms. The van der Waals surface area contributed by atoms with E-state index in [1.54, 1.807) is 6.20 Å². The van der Waals surface area contributed by atoms with Crippen LogP contribution in [0.5, 0.6) is 0 Å². The van der Waals surface area contributed by atoms with Gasteiger partial charge in [0.1, 0.15) is 5.82 Å². The first kappa shape index (κ1) is 10.5. The maximum absolute atomic E-state index is 5.76. The minimum absolute atomic E-state index is 0.338. The van der Waals surface area contributed by atoms with Crippen molar-refractivity contribution in [3.05, 3.63) is 30.5 Å². The summed E-state index contributed by atoms with van der Waals surface area (Å²) in [5.74, 6) is 1.54. The lowest BCUT2D eigenvalue weighted by Gasteiger charge is -2.16. The van der Waals surface area contributed by atoms with Crippen molar-refractivity contribution in [3.63, 3.8) is 0 Å². The number of para-hydroxylation sites is 2. The highest BCUT2D eigenvalue weighted by atomic mass is 15.1. The molecule has 0 amide bonds. The van der Waals surface area contributed by atoms with Crippen molar-refractivity contribution < 1.29 is 0 Å². The van der Waals surface area contributed by atoms with Crippen molar-refractivity contribution in [2.24, 2.45) is 11.7 Å². The monoisotopic (exact) mass is 228 g/mol. The predicted octanol–water partition coefficient (Wildman–Crippen LogP) is 1.78. The highest BCUT2D eigenvalue weighted by Gasteiger charge is 2.30. The Morgan fingerprint density at radius 1 is 1.29 bits per heavy atom. The lowest BCUT2D eigenvalue weighted by molar-refractivity contribution is 0.642. The molecule has 0 radical (unpaired) electrons. The van der Waals surface area contributed by atoms with Crippen LogP contribution in [0.3, 0.4) is 0 Å². The van der Waals surface area contributed by atoms with E-state index in [0.717, 1.165) is 16.9 Å². The highest BCUT2D eigenvalue weighted by molar-refractivity contribution is 5.75. The molecule has 0 spiro atoms. The van der Waals surface area contributed by atoms with E-state index in [4.69, 9.17) is 5.73 Å². The van der Waals surface area contributed by atoms with Crippen molar-refractivity contribution in [2.75, 3.05) is 11.9 Å². The second kappa shape index (κ2) is 4.30. The molecule has 88 valence electrons. The van der Waals surface area contributed by atoms with Gasteiger partial charge in [0.15, 0.2) is 0 Å². The summed E-state index contributed by atoms with van der Waals surface area (Å²) in [5.41, 5.74) is 7.61. The molecule has 1 saturated carbocycles. The predicted molar refractivity (Wildman–Crippen MR) is 68.7 cm³/mol. The molecule has 1 aromatic heterocycles. The van der Waals surface area contributed by atoms with Crippen LogP contribution >= 0.6 is 0 Å². The Morgan fingerprint density at radius 2 is 2.06 bits per heavy atom. The van der Waals surface area contributed by atoms with Gasteiger partial charge < -0.3 is 11.1 Å². The van der Waals surface area contributed by atoms with Gasteiger partial charge in [-0.1, -0.05) is 12.1 Å². The van der Waals surface area contributed by atoms with E-state index in [1.807, 2.05) is 24.3 Å². The van der Waals surface area contributed by atoms with Gasteiger partial charge in [0.2, 0.25) is 0 Å². The van der Waals surface area contributed by atoms with Gasteiger partial charge in [-0.15, -0.1) is 0 Å². The summed E-state index contributed by atoms with van der Waals surface area (Å²) in [6.07, 6.45) is 4.33. The molecule has 1 aliphatic rings. The molecule has 0 aliphatic heterocycles. The smallest absolute Gasteiger partial charge is 0.145 e. The standard InChI is InChI=1S/C13H16N4/c14-7-12(9-5-6-9)17-13-8-15-10-3-1-2-4-11(10)16-13/h1-4,8-9,12H,5-7,14H2,(H,16,17). The minimum Gasteiger partial charge on any atom is -0.364 e. The number of aromatic nitrogens is 2. The number of hydrogen-bond donors (Lipinski definition) is 2. The molecule has 1 heterocycles. The van der Waals surface area contributed by atoms with Crippen LogP contribution in [-0.4, -0.2) is 22.6 Å². The molecule has 1 aliphatic carbocycles. The third kappa shape index (κ3) is 2.22. The molecule has 17 heavy (non-hydrogen) atoms. The van der Waals surface area contributed by atoms with E-state index in [2.05, 4.69) is 15.3 Å². The average Bonchev–Trinajstić information content (AvgIpc) is 3.20. The van der Waals surface area contributed by atoms with Crippen LogP contribution < -0.4 is 11.1 Å². The summed E-state index contributed by atoms with van der Waals surface area (Å²) in [6.45, 7) is 0.652. The number of fused-ring (bicyclic) bond motifs is 1. The van der Waals surface area contributed by atoms with Crippen LogP contribution in [0, 0.1) is 5.92 Å². The Morgan fingerprint density at radius 3 is 2.76 bits per heavy atom. The number of hydrogen-bond acceptors (Lipinski definition) is 4. The summed E-state index contributed by atoms with van der Waals surface area (Å²) in [6, 6.07) is 8.22. The van der Waals surface area contributed by atoms with Gasteiger partial charge in [-0.3, -0.25) is 4.98 Å². The Kier molecular flexibility index (Phi) is 2.65. The lowest BCUT2D eigenvalue weighted by Crippen LogP contribution is -2.31. The zero-order chi connectivity index (χ0) is 11.7. The summed E-state index contributed by atoms with van der Waals surface area (Å²) in [4.78, 5) is 8.93. The molecule has 1 atom stereocenters. The summed E-state index contributed by atoms with van der Waals surface area (Å²) < 4.78 is 0. The summed E-state index contributed by atoms with van der Waals surface area (Å²) in [7, 11) is 0. The zero-order valence-corrected chi connectivity index (χ0v) is 9.63. The largest absolute Gasteiger partial charge is 0.364 e. The van der Waals surface area contributed by atoms with Crippen molar-refractivity contribution in [1.82, 2.24) is 9.97 Å². The van der Waals surface area contributed by atoms with Gasteiger partial charge in [0.05, 0.1) is 17.2 Å². The van der Waals surface area contributed by atoms with Gasteiger partial charge in [-0.05, 0) is 30.9 Å². The molecule has 3 N–H and O–H groups in total. The van der Waals surface area contributed by atoms with Crippen molar-refractivity contribution in [1.29, 1.82) is 0 Å². The second-order valence-corrected chi connectivity index (χ2v) is 4.57. The first-order valence-electron chi connectivity index (χ1n) is 6.05. The third-order valence-electron chi connectivity index (χ3n) is 3.23. The Labute approximate surface area is 100 Å². The number of nitrogens with one attached hydrogen (secondary N) is 1. The Bertz CT molecular complexity index is 522. The first-order chi connectivity index (χ1) is 8.36. The maximum atomic E-state index is 5.76. The number of rotatable bonds is 4. The number of nitrogens with zero attached hydrogens (tertiary/aromatic N) is 2. The maximum Gasteiger partial charge on any atom is 0.145 e. The molecule has 4 nitrogen and oxygen atoms in total. The van der Waals surface area contributed by atoms with E-state index >= 15 is 0 Å². The van der Waals surface area contributed by atoms with E-state index in [9.17, 15) is 0 Å². The highest BCUT2D eigenvalue weighted by Crippen LogP contribution is 2.33. The Hall–Kier alpha value is -1.68. The summed E-state index contributed by atoms with van der Waals surface area (Å²) in [5, 5.41) is 3.38. The fourth-order valence-electron chi connectivity index (χ4n) is 2.08. The van der Waals surface area contributed by atoms with E-state index in [-0.39, 0.29) is 0 Å². The minimum atomic E-state index is 0.338. The lowest BCUT2D eigenvalue weighted by atomic mass is 10.2. The van der Waals surface area contributed by atoms with Crippen LogP contribution in [0.15, 0.2) is 30.5 Å². The molecule has 1 fully saturated rings. The zero-order valence-electron chi connectivity index (χ0n) is 9.63. The van der Waals surface area contributed by atoms with Gasteiger partial charge in [0, 0.05) is 12.6 Å². The molecule has 1 aromatic carbocycles. The fourth-order valence-corrected chi connectivity index (χ4v) is 2.08. The van der Waals surface area contributed by atoms with Gasteiger partial charge >= 0.3 is 0 Å². The fraction of sp³-hybridized carbons (Fsp3) is 0.385. The molecule has 0 saturated heterocycles. The van der Waals surface area contributed by atoms with E-state index in [0.29, 0.717) is 18.5 Å². The quantitative estimate of drug-likeness (QED) is 0.837. The Balaban J connectivity index is 1.84. The molecule has 1 unspecified atom stereocenters. The van der Waals surface area contributed by atoms with Crippen LogP contribution in [0.25, 0.3) is 11.0 Å². The van der Waals surface area contributed by atoms with Crippen LogP contribution in [0.4, 0.5) is 5.82 Å². The van der Waals surface area contributed by atoms with Crippen LogP contribution in [0.2, 0.25) is 0 Å². The van der Waals surface area contributed by atoms with Crippen molar-refractivity contribution in [2.45, 2.75) is 18.9 Å². The number of nitrogens with two attached hydrogens (primary N) is 1. The van der Waals surface area contributed by atoms with Gasteiger partial charge in [0.25, 0.3) is 0 Å². The molecule has 4 heteroatoms.